The highest BCUT2D eigenvalue weighted by molar-refractivity contribution is 5.92. The minimum atomic E-state index is -5.56. The van der Waals surface area contributed by atoms with Crippen molar-refractivity contribution in [2.75, 3.05) is 0 Å². The lowest BCUT2D eigenvalue weighted by Crippen LogP contribution is -2.57. The van der Waals surface area contributed by atoms with Crippen molar-refractivity contribution in [2.45, 2.75) is 38.2 Å². The summed E-state index contributed by atoms with van der Waals surface area (Å²) in [7, 11) is 0. The van der Waals surface area contributed by atoms with Crippen LogP contribution < -0.4 is 5.32 Å². The molecule has 0 rings (SSSR count). The van der Waals surface area contributed by atoms with Gasteiger partial charge in [0.25, 0.3) is 5.91 Å². The predicted molar refractivity (Wildman–Crippen MR) is 56.6 cm³/mol. The first-order valence-electron chi connectivity index (χ1n) is 5.36. The fourth-order valence-corrected chi connectivity index (χ4v) is 1.28. The van der Waals surface area contributed by atoms with E-state index in [4.69, 9.17) is 10.2 Å². The maximum Gasteiger partial charge on any atom is 0.413 e. The van der Waals surface area contributed by atoms with Gasteiger partial charge >= 0.3 is 23.8 Å². The molecule has 0 aromatic heterocycles. The number of aliphatic carboxylic acids is 2. The Morgan fingerprint density at radius 1 is 1.05 bits per heavy atom. The second-order valence-corrected chi connectivity index (χ2v) is 4.30. The van der Waals surface area contributed by atoms with Gasteiger partial charge in [-0.05, 0) is 13.3 Å². The highest BCUT2D eigenvalue weighted by Crippen LogP contribution is 2.34. The molecule has 0 heterocycles. The van der Waals surface area contributed by atoms with Gasteiger partial charge in [-0.2, -0.15) is 17.6 Å². The van der Waals surface area contributed by atoms with E-state index >= 15 is 0 Å². The van der Waals surface area contributed by atoms with E-state index in [0.717, 1.165) is 6.92 Å². The van der Waals surface area contributed by atoms with Crippen molar-refractivity contribution in [2.24, 2.45) is 5.92 Å². The molecule has 0 saturated carbocycles. The van der Waals surface area contributed by atoms with Crippen LogP contribution in [0.4, 0.5) is 17.6 Å². The molecule has 2 unspecified atom stereocenters. The van der Waals surface area contributed by atoms with E-state index in [-0.39, 0.29) is 6.42 Å². The summed E-state index contributed by atoms with van der Waals surface area (Å²) >= 11 is 0. The second-order valence-electron chi connectivity index (χ2n) is 4.30. The number of halogens is 4. The fraction of sp³-hybridized carbons (Fsp3) is 0.700. The summed E-state index contributed by atoms with van der Waals surface area (Å²) in [6, 6.07) is -1.15. The van der Waals surface area contributed by atoms with Crippen molar-refractivity contribution in [3.05, 3.63) is 0 Å². The molecule has 3 N–H and O–H groups in total. The van der Waals surface area contributed by atoms with Gasteiger partial charge in [0, 0.05) is 6.04 Å². The molecule has 2 atom stereocenters. The summed E-state index contributed by atoms with van der Waals surface area (Å²) in [6.45, 7) is 2.36. The third-order valence-electron chi connectivity index (χ3n) is 2.45. The summed E-state index contributed by atoms with van der Waals surface area (Å²) in [5.74, 6) is -18.9. The molecule has 0 aliphatic carbocycles. The number of alkyl halides is 4. The van der Waals surface area contributed by atoms with E-state index in [9.17, 15) is 31.9 Å². The highest BCUT2D eigenvalue weighted by atomic mass is 19.3. The summed E-state index contributed by atoms with van der Waals surface area (Å²) in [6.07, 6.45) is -0.282. The first-order chi connectivity index (χ1) is 8.84. The zero-order valence-electron chi connectivity index (χ0n) is 10.5. The van der Waals surface area contributed by atoms with E-state index < -0.39 is 41.7 Å². The van der Waals surface area contributed by atoms with E-state index in [1.165, 1.54) is 12.2 Å². The molecule has 0 radical (unpaired) electrons. The van der Waals surface area contributed by atoms with E-state index in [0.29, 0.717) is 0 Å². The molecule has 20 heavy (non-hydrogen) atoms. The smallest absolute Gasteiger partial charge is 0.413 e. The minimum absolute atomic E-state index is 0.282. The Hall–Kier alpha value is -1.87. The third kappa shape index (κ3) is 3.81. The lowest BCUT2D eigenvalue weighted by Gasteiger charge is -2.24. The Bertz CT molecular complexity index is 412. The van der Waals surface area contributed by atoms with Crippen LogP contribution in [0.5, 0.6) is 0 Å². The summed E-state index contributed by atoms with van der Waals surface area (Å²) < 4.78 is 51.5. The molecule has 0 aromatic rings. The fourth-order valence-electron chi connectivity index (χ4n) is 1.28. The van der Waals surface area contributed by atoms with Crippen LogP contribution in [0.1, 0.15) is 20.3 Å². The zero-order chi connectivity index (χ0) is 16.3. The summed E-state index contributed by atoms with van der Waals surface area (Å²) in [5, 5.41) is 18.0. The van der Waals surface area contributed by atoms with Gasteiger partial charge in [0.1, 0.15) is 0 Å². The van der Waals surface area contributed by atoms with Crippen molar-refractivity contribution >= 4 is 17.8 Å². The second kappa shape index (κ2) is 6.06. The number of hydrogen-bond donors (Lipinski definition) is 3. The number of carbonyl (C=O) groups is 3. The SMILES string of the molecule is CC(CC(C)C(=O)O)NC(=O)C(F)(F)C(F)(F)C(=O)O. The lowest BCUT2D eigenvalue weighted by atomic mass is 10.0. The van der Waals surface area contributed by atoms with Crippen molar-refractivity contribution in [3.8, 4) is 0 Å². The van der Waals surface area contributed by atoms with Crippen LogP contribution in [0.2, 0.25) is 0 Å². The third-order valence-corrected chi connectivity index (χ3v) is 2.45. The van der Waals surface area contributed by atoms with Gasteiger partial charge in [-0.1, -0.05) is 6.92 Å². The molecule has 6 nitrogen and oxygen atoms in total. The molecule has 1 amide bonds. The standard InChI is InChI=1S/C10H13F4NO5/c1-4(6(16)17)3-5(2)15-7(18)9(11,12)10(13,14)8(19)20/h4-5H,3H2,1-2H3,(H,15,18)(H,16,17)(H,19,20). The van der Waals surface area contributed by atoms with Crippen molar-refractivity contribution < 1.29 is 42.2 Å². The number of rotatable bonds is 7. The van der Waals surface area contributed by atoms with Crippen molar-refractivity contribution in [3.63, 3.8) is 0 Å². The van der Waals surface area contributed by atoms with Crippen LogP contribution in [0.3, 0.4) is 0 Å². The Morgan fingerprint density at radius 3 is 1.85 bits per heavy atom. The van der Waals surface area contributed by atoms with Gasteiger partial charge in [-0.25, -0.2) is 4.79 Å². The molecule has 0 aliphatic heterocycles. The number of nitrogens with one attached hydrogen (secondary N) is 1. The zero-order valence-corrected chi connectivity index (χ0v) is 10.5. The van der Waals surface area contributed by atoms with Crippen LogP contribution in [0.25, 0.3) is 0 Å². The summed E-state index contributed by atoms with van der Waals surface area (Å²) in [5.41, 5.74) is 0. The molecular weight excluding hydrogens is 290 g/mol. The van der Waals surface area contributed by atoms with E-state index in [1.54, 1.807) is 0 Å². The first kappa shape index (κ1) is 18.1. The Balaban J connectivity index is 4.84. The van der Waals surface area contributed by atoms with Gasteiger partial charge in [0.15, 0.2) is 0 Å². The van der Waals surface area contributed by atoms with Crippen LogP contribution >= 0.6 is 0 Å². The first-order valence-corrected chi connectivity index (χ1v) is 5.36. The van der Waals surface area contributed by atoms with E-state index in [1.807, 2.05) is 0 Å². The molecule has 10 heteroatoms. The Labute approximate surface area is 110 Å². The molecular formula is C10H13F4NO5. The minimum Gasteiger partial charge on any atom is -0.481 e. The van der Waals surface area contributed by atoms with Crippen molar-refractivity contribution in [1.82, 2.24) is 5.32 Å². The predicted octanol–water partition coefficient (Wildman–Crippen LogP) is 0.957. The molecule has 0 aliphatic rings. The number of carboxylic acids is 2. The largest absolute Gasteiger partial charge is 0.481 e. The molecule has 0 aromatic carbocycles. The average molecular weight is 303 g/mol. The topological polar surface area (TPSA) is 104 Å². The molecule has 0 saturated heterocycles. The number of hydrogen-bond acceptors (Lipinski definition) is 3. The maximum absolute atomic E-state index is 13.0. The Kier molecular flexibility index (Phi) is 5.49. The van der Waals surface area contributed by atoms with Gasteiger partial charge < -0.3 is 15.5 Å². The van der Waals surface area contributed by atoms with Gasteiger partial charge in [-0.3, -0.25) is 9.59 Å². The molecule has 116 valence electrons. The van der Waals surface area contributed by atoms with Gasteiger partial charge in [0.2, 0.25) is 0 Å². The Morgan fingerprint density at radius 2 is 1.50 bits per heavy atom. The quantitative estimate of drug-likeness (QED) is 0.608. The monoisotopic (exact) mass is 303 g/mol. The van der Waals surface area contributed by atoms with Crippen LogP contribution in [-0.2, 0) is 14.4 Å². The highest BCUT2D eigenvalue weighted by Gasteiger charge is 2.67. The normalized spacial score (nSPS) is 15.3. The van der Waals surface area contributed by atoms with Crippen LogP contribution in [-0.4, -0.2) is 45.9 Å². The van der Waals surface area contributed by atoms with Crippen molar-refractivity contribution in [1.29, 1.82) is 0 Å². The molecule has 0 spiro atoms. The maximum atomic E-state index is 13.0. The lowest BCUT2D eigenvalue weighted by molar-refractivity contribution is -0.222. The molecule has 0 fully saturated rings. The number of carbonyl (C=O) groups excluding carboxylic acids is 1. The average Bonchev–Trinajstić information content (AvgIpc) is 2.27. The number of carboxylic acid groups (broad SMARTS) is 2. The molecule has 0 bridgehead atoms. The summed E-state index contributed by atoms with van der Waals surface area (Å²) in [4.78, 5) is 31.6. The van der Waals surface area contributed by atoms with Crippen LogP contribution in [0, 0.1) is 5.92 Å². The van der Waals surface area contributed by atoms with Gasteiger partial charge in [0.05, 0.1) is 5.92 Å². The number of amides is 1. The van der Waals surface area contributed by atoms with Crippen LogP contribution in [0.15, 0.2) is 0 Å². The van der Waals surface area contributed by atoms with E-state index in [2.05, 4.69) is 0 Å². The van der Waals surface area contributed by atoms with Gasteiger partial charge in [-0.15, -0.1) is 0 Å².